The van der Waals surface area contributed by atoms with Crippen LogP contribution in [-0.4, -0.2) is 18.0 Å². The molecule has 0 unspecified atom stereocenters. The normalized spacial score (nSPS) is 10.9. The van der Waals surface area contributed by atoms with Crippen molar-refractivity contribution in [2.45, 2.75) is 20.4 Å². The molecule has 146 valence electrons. The van der Waals surface area contributed by atoms with Crippen molar-refractivity contribution in [2.75, 3.05) is 12.0 Å². The first kappa shape index (κ1) is 19.2. The average molecular weight is 403 g/mol. The van der Waals surface area contributed by atoms with Gasteiger partial charge in [-0.15, -0.1) is 0 Å². The fourth-order valence-electron chi connectivity index (χ4n) is 3.38. The quantitative estimate of drug-likeness (QED) is 0.426. The molecular formula is C24H22N2O2S. The molecule has 0 saturated carbocycles. The van der Waals surface area contributed by atoms with Gasteiger partial charge < -0.3 is 4.74 Å². The summed E-state index contributed by atoms with van der Waals surface area (Å²) in [6.07, 6.45) is 0. The lowest BCUT2D eigenvalue weighted by atomic mass is 10.1. The molecule has 0 radical (unpaired) electrons. The number of rotatable bonds is 5. The third kappa shape index (κ3) is 4.00. The first-order valence-electron chi connectivity index (χ1n) is 9.43. The van der Waals surface area contributed by atoms with Crippen LogP contribution in [0.25, 0.3) is 10.2 Å². The van der Waals surface area contributed by atoms with E-state index in [9.17, 15) is 4.79 Å². The zero-order valence-electron chi connectivity index (χ0n) is 16.7. The minimum absolute atomic E-state index is 0.0961. The van der Waals surface area contributed by atoms with E-state index in [1.54, 1.807) is 29.4 Å². The second-order valence-electron chi connectivity index (χ2n) is 7.03. The van der Waals surface area contributed by atoms with E-state index >= 15 is 0 Å². The van der Waals surface area contributed by atoms with Crippen LogP contribution in [0.3, 0.4) is 0 Å². The van der Waals surface area contributed by atoms with Crippen molar-refractivity contribution in [1.29, 1.82) is 0 Å². The number of ether oxygens (including phenoxy) is 1. The Morgan fingerprint density at radius 3 is 2.59 bits per heavy atom. The molecular weight excluding hydrogens is 380 g/mol. The summed E-state index contributed by atoms with van der Waals surface area (Å²) in [6.45, 7) is 4.59. The molecule has 0 N–H and O–H groups in total. The summed E-state index contributed by atoms with van der Waals surface area (Å²) in [4.78, 5) is 20.1. The molecule has 4 aromatic rings. The van der Waals surface area contributed by atoms with Crippen molar-refractivity contribution in [3.63, 3.8) is 0 Å². The van der Waals surface area contributed by atoms with E-state index in [1.807, 2.05) is 48.5 Å². The Kier molecular flexibility index (Phi) is 5.32. The highest BCUT2D eigenvalue weighted by Gasteiger charge is 2.22. The summed E-state index contributed by atoms with van der Waals surface area (Å²) in [5.74, 6) is 0.562. The lowest BCUT2D eigenvalue weighted by Gasteiger charge is -2.20. The molecule has 1 aromatic heterocycles. The van der Waals surface area contributed by atoms with E-state index in [-0.39, 0.29) is 5.91 Å². The average Bonchev–Trinajstić information content (AvgIpc) is 3.16. The van der Waals surface area contributed by atoms with Gasteiger partial charge in [0.25, 0.3) is 5.91 Å². The first-order chi connectivity index (χ1) is 14.0. The molecule has 0 aliphatic rings. The molecule has 1 amide bonds. The van der Waals surface area contributed by atoms with E-state index < -0.39 is 0 Å². The second kappa shape index (κ2) is 8.05. The van der Waals surface area contributed by atoms with Crippen LogP contribution in [-0.2, 0) is 6.54 Å². The highest BCUT2D eigenvalue weighted by molar-refractivity contribution is 7.22. The number of benzene rings is 3. The minimum Gasteiger partial charge on any atom is -0.497 e. The maximum absolute atomic E-state index is 13.5. The highest BCUT2D eigenvalue weighted by Crippen LogP contribution is 2.33. The van der Waals surface area contributed by atoms with Crippen molar-refractivity contribution in [3.8, 4) is 5.75 Å². The molecule has 0 fully saturated rings. The first-order valence-corrected chi connectivity index (χ1v) is 10.2. The van der Waals surface area contributed by atoms with Gasteiger partial charge in [0, 0.05) is 5.56 Å². The lowest BCUT2D eigenvalue weighted by Crippen LogP contribution is -2.30. The summed E-state index contributed by atoms with van der Waals surface area (Å²) in [7, 11) is 1.60. The standard InChI is InChI=1S/C24H22N2O2S/c1-16-12-17(2)22-21(13-16)29-24(25-22)26(15-18-8-5-4-6-9-18)23(27)19-10-7-11-20(14-19)28-3/h4-14H,15H2,1-3H3. The van der Waals surface area contributed by atoms with Crippen LogP contribution in [0.4, 0.5) is 5.13 Å². The molecule has 0 aliphatic heterocycles. The van der Waals surface area contributed by atoms with Gasteiger partial charge in [-0.2, -0.15) is 0 Å². The van der Waals surface area contributed by atoms with Crippen molar-refractivity contribution >= 4 is 32.6 Å². The summed E-state index contributed by atoms with van der Waals surface area (Å²) >= 11 is 1.55. The monoisotopic (exact) mass is 402 g/mol. The summed E-state index contributed by atoms with van der Waals surface area (Å²) in [5.41, 5.74) is 4.89. The third-order valence-electron chi connectivity index (χ3n) is 4.79. The fraction of sp³-hybridized carbons (Fsp3) is 0.167. The highest BCUT2D eigenvalue weighted by atomic mass is 32.1. The molecule has 0 atom stereocenters. The van der Waals surface area contributed by atoms with Crippen LogP contribution in [0.1, 0.15) is 27.0 Å². The van der Waals surface area contributed by atoms with Gasteiger partial charge in [0.05, 0.1) is 23.9 Å². The van der Waals surface area contributed by atoms with Gasteiger partial charge in [0.15, 0.2) is 5.13 Å². The Morgan fingerprint density at radius 2 is 1.83 bits per heavy atom. The van der Waals surface area contributed by atoms with Gasteiger partial charge in [-0.3, -0.25) is 9.69 Å². The number of methoxy groups -OCH3 is 1. The number of fused-ring (bicyclic) bond motifs is 1. The van der Waals surface area contributed by atoms with E-state index in [2.05, 4.69) is 26.0 Å². The third-order valence-corrected chi connectivity index (χ3v) is 5.82. The molecule has 5 heteroatoms. The van der Waals surface area contributed by atoms with Crippen LogP contribution in [0.2, 0.25) is 0 Å². The molecule has 0 aliphatic carbocycles. The zero-order chi connectivity index (χ0) is 20.4. The van der Waals surface area contributed by atoms with Gasteiger partial charge >= 0.3 is 0 Å². The Balaban J connectivity index is 1.79. The Hall–Kier alpha value is -3.18. The maximum atomic E-state index is 13.5. The van der Waals surface area contributed by atoms with Crippen molar-refractivity contribution in [1.82, 2.24) is 4.98 Å². The Bertz CT molecular complexity index is 1170. The topological polar surface area (TPSA) is 42.4 Å². The predicted molar refractivity (Wildman–Crippen MR) is 119 cm³/mol. The van der Waals surface area contributed by atoms with Gasteiger partial charge in [-0.25, -0.2) is 4.98 Å². The summed E-state index contributed by atoms with van der Waals surface area (Å²) in [5, 5.41) is 0.699. The molecule has 0 saturated heterocycles. The number of anilines is 1. The Morgan fingerprint density at radius 1 is 1.03 bits per heavy atom. The lowest BCUT2D eigenvalue weighted by molar-refractivity contribution is 0.0985. The van der Waals surface area contributed by atoms with Crippen LogP contribution in [0.5, 0.6) is 5.75 Å². The fourth-order valence-corrected chi connectivity index (χ4v) is 4.52. The van der Waals surface area contributed by atoms with E-state index in [4.69, 9.17) is 9.72 Å². The predicted octanol–water partition coefficient (Wildman–Crippen LogP) is 5.77. The van der Waals surface area contributed by atoms with Gasteiger partial charge in [-0.05, 0) is 54.8 Å². The number of carbonyl (C=O) groups is 1. The van der Waals surface area contributed by atoms with Crippen LogP contribution < -0.4 is 9.64 Å². The largest absolute Gasteiger partial charge is 0.497 e. The van der Waals surface area contributed by atoms with Gasteiger partial charge in [0.2, 0.25) is 0 Å². The number of aryl methyl sites for hydroxylation is 2. The maximum Gasteiger partial charge on any atom is 0.260 e. The molecule has 0 bridgehead atoms. The molecule has 4 nitrogen and oxygen atoms in total. The molecule has 3 aromatic carbocycles. The zero-order valence-corrected chi connectivity index (χ0v) is 17.5. The SMILES string of the molecule is COc1cccc(C(=O)N(Cc2ccccc2)c2nc3c(C)cc(C)cc3s2)c1. The van der Waals surface area contributed by atoms with Gasteiger partial charge in [0.1, 0.15) is 5.75 Å². The number of carbonyl (C=O) groups excluding carboxylic acids is 1. The molecule has 29 heavy (non-hydrogen) atoms. The van der Waals surface area contributed by atoms with Crippen LogP contribution in [0, 0.1) is 13.8 Å². The van der Waals surface area contributed by atoms with Crippen LogP contribution >= 0.6 is 11.3 Å². The second-order valence-corrected chi connectivity index (χ2v) is 8.04. The van der Waals surface area contributed by atoms with E-state index in [0.29, 0.717) is 23.0 Å². The minimum atomic E-state index is -0.0961. The van der Waals surface area contributed by atoms with Crippen LogP contribution in [0.15, 0.2) is 66.7 Å². The summed E-state index contributed by atoms with van der Waals surface area (Å²) in [6, 6.07) is 21.5. The molecule has 0 spiro atoms. The van der Waals surface area contributed by atoms with Crippen molar-refractivity contribution in [3.05, 3.63) is 89.0 Å². The number of thiazole rings is 1. The van der Waals surface area contributed by atoms with Crippen molar-refractivity contribution < 1.29 is 9.53 Å². The summed E-state index contributed by atoms with van der Waals surface area (Å²) < 4.78 is 6.39. The van der Waals surface area contributed by atoms with E-state index in [1.165, 1.54) is 5.56 Å². The molecule has 4 rings (SSSR count). The van der Waals surface area contributed by atoms with Gasteiger partial charge in [-0.1, -0.05) is 53.8 Å². The Labute approximate surface area is 174 Å². The number of amides is 1. The number of hydrogen-bond donors (Lipinski definition) is 0. The smallest absolute Gasteiger partial charge is 0.260 e. The van der Waals surface area contributed by atoms with E-state index in [0.717, 1.165) is 21.3 Å². The number of nitrogens with zero attached hydrogens (tertiary/aromatic N) is 2. The number of aromatic nitrogens is 1. The molecule has 1 heterocycles. The van der Waals surface area contributed by atoms with Crippen molar-refractivity contribution in [2.24, 2.45) is 0 Å². The number of hydrogen-bond acceptors (Lipinski definition) is 4.